The van der Waals surface area contributed by atoms with E-state index >= 15 is 0 Å². The van der Waals surface area contributed by atoms with Crippen LogP contribution in [0, 0.1) is 0 Å². The first-order valence-electron chi connectivity index (χ1n) is 6.71. The molecule has 1 saturated heterocycles. The van der Waals surface area contributed by atoms with Crippen LogP contribution in [0.25, 0.3) is 21.9 Å². The summed E-state index contributed by atoms with van der Waals surface area (Å²) in [7, 11) is 0. The number of carbonyl (C=O) groups is 2. The van der Waals surface area contributed by atoms with Gasteiger partial charge in [0.05, 0.1) is 6.20 Å². The molecule has 1 aliphatic rings. The SMILES string of the molecule is O=C1CCCC(=O)N1c1c2cncc2cc2nccoc12. The lowest BCUT2D eigenvalue weighted by atomic mass is 10.1. The molecular formula is C15H11N3O3. The molecular weight excluding hydrogens is 270 g/mol. The van der Waals surface area contributed by atoms with Crippen LogP contribution in [0.15, 0.2) is 35.3 Å². The fourth-order valence-electron chi connectivity index (χ4n) is 2.75. The highest BCUT2D eigenvalue weighted by molar-refractivity contribution is 6.24. The van der Waals surface area contributed by atoms with Crippen LogP contribution in [-0.4, -0.2) is 21.8 Å². The topological polar surface area (TPSA) is 76.3 Å². The summed E-state index contributed by atoms with van der Waals surface area (Å²) in [5, 5.41) is 1.56. The average Bonchev–Trinajstić information content (AvgIpc) is 2.94. The Morgan fingerprint density at radius 3 is 2.76 bits per heavy atom. The van der Waals surface area contributed by atoms with Gasteiger partial charge in [-0.1, -0.05) is 0 Å². The maximum absolute atomic E-state index is 12.2. The van der Waals surface area contributed by atoms with Crippen molar-refractivity contribution in [1.29, 1.82) is 0 Å². The molecule has 1 aromatic carbocycles. The zero-order valence-electron chi connectivity index (χ0n) is 11.1. The van der Waals surface area contributed by atoms with Gasteiger partial charge < -0.3 is 4.42 Å². The molecule has 0 atom stereocenters. The lowest BCUT2D eigenvalue weighted by molar-refractivity contribution is -0.128. The molecule has 4 rings (SSSR count). The Hall–Kier alpha value is -2.76. The van der Waals surface area contributed by atoms with Crippen LogP contribution in [0.4, 0.5) is 5.69 Å². The average molecular weight is 281 g/mol. The number of fused-ring (bicyclic) bond motifs is 2. The highest BCUT2D eigenvalue weighted by Gasteiger charge is 2.31. The molecule has 1 fully saturated rings. The van der Waals surface area contributed by atoms with Gasteiger partial charge in [0.1, 0.15) is 17.5 Å². The molecule has 0 saturated carbocycles. The zero-order valence-corrected chi connectivity index (χ0v) is 11.1. The minimum atomic E-state index is -0.208. The van der Waals surface area contributed by atoms with E-state index in [0.717, 1.165) is 10.8 Å². The van der Waals surface area contributed by atoms with Gasteiger partial charge >= 0.3 is 0 Å². The van der Waals surface area contributed by atoms with Crippen molar-refractivity contribution in [3.8, 4) is 0 Å². The van der Waals surface area contributed by atoms with Crippen molar-refractivity contribution in [3.63, 3.8) is 0 Å². The predicted octanol–water partition coefficient (Wildman–Crippen LogP) is 2.42. The molecule has 0 radical (unpaired) electrons. The number of hydrogen-bond donors (Lipinski definition) is 0. The first kappa shape index (κ1) is 12.0. The third-order valence-electron chi connectivity index (χ3n) is 3.69. The summed E-state index contributed by atoms with van der Waals surface area (Å²) in [5.41, 5.74) is 1.49. The molecule has 21 heavy (non-hydrogen) atoms. The van der Waals surface area contributed by atoms with Crippen LogP contribution in [0.3, 0.4) is 0 Å². The molecule has 2 amide bonds. The van der Waals surface area contributed by atoms with E-state index in [-0.39, 0.29) is 11.8 Å². The number of aromatic nitrogens is 2. The molecule has 0 N–H and O–H groups in total. The molecule has 3 aromatic rings. The summed E-state index contributed by atoms with van der Waals surface area (Å²) in [6, 6.07) is 1.84. The van der Waals surface area contributed by atoms with Gasteiger partial charge in [0, 0.05) is 36.0 Å². The summed E-state index contributed by atoms with van der Waals surface area (Å²) < 4.78 is 5.53. The van der Waals surface area contributed by atoms with Gasteiger partial charge in [-0.2, -0.15) is 0 Å². The Morgan fingerprint density at radius 1 is 1.14 bits per heavy atom. The normalized spacial score (nSPS) is 16.1. The van der Waals surface area contributed by atoms with Crippen LogP contribution in [0.5, 0.6) is 0 Å². The second-order valence-corrected chi connectivity index (χ2v) is 4.99. The van der Waals surface area contributed by atoms with E-state index < -0.39 is 0 Å². The van der Waals surface area contributed by atoms with Crippen LogP contribution in [0.2, 0.25) is 0 Å². The third-order valence-corrected chi connectivity index (χ3v) is 3.69. The zero-order chi connectivity index (χ0) is 14.4. The molecule has 2 aromatic heterocycles. The molecule has 6 nitrogen and oxygen atoms in total. The molecule has 0 bridgehead atoms. The van der Waals surface area contributed by atoms with Gasteiger partial charge in [0.2, 0.25) is 11.8 Å². The van der Waals surface area contributed by atoms with Crippen molar-refractivity contribution in [1.82, 2.24) is 9.97 Å². The van der Waals surface area contributed by atoms with Crippen LogP contribution >= 0.6 is 0 Å². The first-order valence-corrected chi connectivity index (χ1v) is 6.71. The number of rotatable bonds is 1. The Labute approximate surface area is 119 Å². The van der Waals surface area contributed by atoms with Crippen LogP contribution < -0.4 is 4.90 Å². The quantitative estimate of drug-likeness (QED) is 0.640. The molecule has 6 heteroatoms. The van der Waals surface area contributed by atoms with Crippen LogP contribution in [-0.2, 0) is 9.59 Å². The Kier molecular flexibility index (Phi) is 2.50. The number of amides is 2. The van der Waals surface area contributed by atoms with E-state index in [4.69, 9.17) is 4.42 Å². The third kappa shape index (κ3) is 1.72. The molecule has 1 aliphatic heterocycles. The highest BCUT2D eigenvalue weighted by Crippen LogP contribution is 2.36. The summed E-state index contributed by atoms with van der Waals surface area (Å²) in [6.45, 7) is 0. The summed E-state index contributed by atoms with van der Waals surface area (Å²) in [6.07, 6.45) is 7.61. The molecule has 0 unspecified atom stereocenters. The highest BCUT2D eigenvalue weighted by atomic mass is 16.3. The minimum Gasteiger partial charge on any atom is -0.459 e. The lowest BCUT2D eigenvalue weighted by Gasteiger charge is -2.25. The molecule has 104 valence electrons. The van der Waals surface area contributed by atoms with E-state index in [1.165, 1.54) is 17.4 Å². The number of nitrogens with zero attached hydrogens (tertiary/aromatic N) is 3. The lowest BCUT2D eigenvalue weighted by Crippen LogP contribution is -2.40. The summed E-state index contributed by atoms with van der Waals surface area (Å²) in [5.74, 6) is -0.416. The number of hydrogen-bond acceptors (Lipinski definition) is 5. The smallest absolute Gasteiger partial charge is 0.233 e. The van der Waals surface area contributed by atoms with Crippen molar-refractivity contribution in [3.05, 3.63) is 30.9 Å². The number of carbonyl (C=O) groups excluding carboxylic acids is 2. The number of benzene rings is 1. The van der Waals surface area contributed by atoms with E-state index in [0.29, 0.717) is 36.0 Å². The van der Waals surface area contributed by atoms with Crippen LogP contribution in [0.1, 0.15) is 19.3 Å². The minimum absolute atomic E-state index is 0.208. The summed E-state index contributed by atoms with van der Waals surface area (Å²) >= 11 is 0. The first-order chi connectivity index (χ1) is 10.3. The Morgan fingerprint density at radius 2 is 1.95 bits per heavy atom. The Bertz CT molecular complexity index is 868. The van der Waals surface area contributed by atoms with E-state index in [1.54, 1.807) is 12.4 Å². The number of anilines is 1. The monoisotopic (exact) mass is 281 g/mol. The fraction of sp³-hybridized carbons (Fsp3) is 0.200. The second kappa shape index (κ2) is 4.37. The van der Waals surface area contributed by atoms with Gasteiger partial charge in [-0.05, 0) is 12.5 Å². The van der Waals surface area contributed by atoms with Gasteiger partial charge in [0.25, 0.3) is 0 Å². The Balaban J connectivity index is 2.10. The van der Waals surface area contributed by atoms with E-state index in [2.05, 4.69) is 9.97 Å². The largest absolute Gasteiger partial charge is 0.459 e. The van der Waals surface area contributed by atoms with Crippen molar-refractivity contribution in [2.75, 3.05) is 4.90 Å². The van der Waals surface area contributed by atoms with Crippen molar-refractivity contribution >= 4 is 39.4 Å². The molecule has 0 spiro atoms. The second-order valence-electron chi connectivity index (χ2n) is 4.99. The van der Waals surface area contributed by atoms with E-state index in [1.807, 2.05) is 6.07 Å². The number of imide groups is 1. The van der Waals surface area contributed by atoms with Gasteiger partial charge in [-0.15, -0.1) is 0 Å². The van der Waals surface area contributed by atoms with Crippen molar-refractivity contribution in [2.45, 2.75) is 19.3 Å². The maximum Gasteiger partial charge on any atom is 0.233 e. The summed E-state index contributed by atoms with van der Waals surface area (Å²) in [4.78, 5) is 34.1. The fourth-order valence-corrected chi connectivity index (χ4v) is 2.75. The van der Waals surface area contributed by atoms with E-state index in [9.17, 15) is 9.59 Å². The van der Waals surface area contributed by atoms with Gasteiger partial charge in [-0.3, -0.25) is 14.6 Å². The number of piperidine rings is 1. The van der Waals surface area contributed by atoms with Crippen molar-refractivity contribution in [2.24, 2.45) is 0 Å². The van der Waals surface area contributed by atoms with Gasteiger partial charge in [0.15, 0.2) is 5.58 Å². The maximum atomic E-state index is 12.2. The standard InChI is InChI=1S/C15H11N3O3/c19-12-2-1-3-13(20)18(12)14-10-8-16-7-9(10)6-11-15(14)21-5-4-17-11/h4-8H,1-3H2. The molecule has 3 heterocycles. The molecule has 0 aliphatic carbocycles. The van der Waals surface area contributed by atoms with Gasteiger partial charge in [-0.25, -0.2) is 9.88 Å². The van der Waals surface area contributed by atoms with Crippen molar-refractivity contribution < 1.29 is 14.0 Å². The predicted molar refractivity (Wildman–Crippen MR) is 75.7 cm³/mol.